The van der Waals surface area contributed by atoms with Gasteiger partial charge in [-0.05, 0) is 32.1 Å². The fraction of sp³-hybridized carbons (Fsp3) is 0.727. The van der Waals surface area contributed by atoms with Crippen LogP contribution in [0.25, 0.3) is 0 Å². The SMILES string of the molecule is C#C[C@]1(O)CCC[C@@]12CCCC(=O)N2. The Kier molecular flexibility index (Phi) is 2.04. The first kappa shape index (κ1) is 9.54. The van der Waals surface area contributed by atoms with E-state index in [-0.39, 0.29) is 5.91 Å². The van der Waals surface area contributed by atoms with Gasteiger partial charge < -0.3 is 10.4 Å². The number of terminal acetylenes is 1. The van der Waals surface area contributed by atoms with Crippen molar-refractivity contribution in [3.05, 3.63) is 0 Å². The first-order valence-corrected chi connectivity index (χ1v) is 5.13. The normalized spacial score (nSPS) is 42.1. The van der Waals surface area contributed by atoms with E-state index in [0.29, 0.717) is 12.8 Å². The topological polar surface area (TPSA) is 49.3 Å². The van der Waals surface area contributed by atoms with Crippen LogP contribution in [0.3, 0.4) is 0 Å². The first-order valence-electron chi connectivity index (χ1n) is 5.13. The minimum atomic E-state index is -1.12. The molecule has 3 heteroatoms. The Hall–Kier alpha value is -1.01. The van der Waals surface area contributed by atoms with Gasteiger partial charge in [-0.15, -0.1) is 6.42 Å². The molecule has 0 aromatic heterocycles. The number of nitrogens with one attached hydrogen (secondary N) is 1. The van der Waals surface area contributed by atoms with Crippen LogP contribution in [0.4, 0.5) is 0 Å². The summed E-state index contributed by atoms with van der Waals surface area (Å²) >= 11 is 0. The molecule has 2 N–H and O–H groups in total. The number of aliphatic hydroxyl groups is 1. The van der Waals surface area contributed by atoms with Crippen molar-refractivity contribution in [2.24, 2.45) is 0 Å². The van der Waals surface area contributed by atoms with Gasteiger partial charge in [0.2, 0.25) is 5.91 Å². The molecule has 0 aromatic rings. The van der Waals surface area contributed by atoms with Crippen molar-refractivity contribution in [1.82, 2.24) is 5.32 Å². The second-order valence-electron chi connectivity index (χ2n) is 4.34. The number of carbonyl (C=O) groups excluding carboxylic acids is 1. The van der Waals surface area contributed by atoms with Crippen LogP contribution in [-0.2, 0) is 4.79 Å². The number of hydrogen-bond donors (Lipinski definition) is 2. The van der Waals surface area contributed by atoms with Gasteiger partial charge in [0.25, 0.3) is 0 Å². The van der Waals surface area contributed by atoms with Crippen molar-refractivity contribution in [2.75, 3.05) is 0 Å². The number of hydrogen-bond acceptors (Lipinski definition) is 2. The number of piperidine rings is 1. The molecule has 1 amide bonds. The summed E-state index contributed by atoms with van der Waals surface area (Å²) in [5, 5.41) is 13.1. The van der Waals surface area contributed by atoms with E-state index in [1.54, 1.807) is 0 Å². The van der Waals surface area contributed by atoms with Gasteiger partial charge in [-0.1, -0.05) is 5.92 Å². The van der Waals surface area contributed by atoms with Crippen LogP contribution in [0.2, 0.25) is 0 Å². The Labute approximate surface area is 83.9 Å². The Morgan fingerprint density at radius 3 is 2.71 bits per heavy atom. The highest BCUT2D eigenvalue weighted by atomic mass is 16.3. The van der Waals surface area contributed by atoms with Crippen LogP contribution in [-0.4, -0.2) is 22.2 Å². The maximum Gasteiger partial charge on any atom is 0.220 e. The lowest BCUT2D eigenvalue weighted by Crippen LogP contribution is -2.62. The lowest BCUT2D eigenvalue weighted by Gasteiger charge is -2.42. The zero-order chi connectivity index (χ0) is 10.2. The fourth-order valence-corrected chi connectivity index (χ4v) is 2.74. The third-order valence-corrected chi connectivity index (χ3v) is 3.56. The molecule has 3 nitrogen and oxygen atoms in total. The number of rotatable bonds is 0. The van der Waals surface area contributed by atoms with Gasteiger partial charge in [0, 0.05) is 6.42 Å². The molecule has 1 saturated heterocycles. The van der Waals surface area contributed by atoms with E-state index in [9.17, 15) is 9.90 Å². The molecular formula is C11H15NO2. The smallest absolute Gasteiger partial charge is 0.220 e. The van der Waals surface area contributed by atoms with Crippen molar-refractivity contribution in [3.8, 4) is 12.3 Å². The summed E-state index contributed by atoms with van der Waals surface area (Å²) in [6, 6.07) is 0. The first-order chi connectivity index (χ1) is 6.62. The van der Waals surface area contributed by atoms with Crippen LogP contribution >= 0.6 is 0 Å². The summed E-state index contributed by atoms with van der Waals surface area (Å²) in [7, 11) is 0. The minimum Gasteiger partial charge on any atom is -0.375 e. The lowest BCUT2D eigenvalue weighted by atomic mass is 9.77. The Bertz CT molecular complexity index is 307. The van der Waals surface area contributed by atoms with E-state index in [4.69, 9.17) is 6.42 Å². The van der Waals surface area contributed by atoms with E-state index >= 15 is 0 Å². The zero-order valence-corrected chi connectivity index (χ0v) is 8.18. The third kappa shape index (κ3) is 1.14. The largest absolute Gasteiger partial charge is 0.375 e. The van der Waals surface area contributed by atoms with Crippen molar-refractivity contribution in [2.45, 2.75) is 49.7 Å². The highest BCUT2D eigenvalue weighted by Gasteiger charge is 2.54. The Morgan fingerprint density at radius 1 is 1.36 bits per heavy atom. The lowest BCUT2D eigenvalue weighted by molar-refractivity contribution is -0.128. The van der Waals surface area contributed by atoms with Crippen molar-refractivity contribution in [3.63, 3.8) is 0 Å². The molecule has 2 aliphatic rings. The van der Waals surface area contributed by atoms with Crippen molar-refractivity contribution >= 4 is 5.91 Å². The minimum absolute atomic E-state index is 0.0202. The summed E-state index contributed by atoms with van der Waals surface area (Å²) in [4.78, 5) is 11.3. The van der Waals surface area contributed by atoms with Crippen LogP contribution in [0.15, 0.2) is 0 Å². The summed E-state index contributed by atoms with van der Waals surface area (Å²) in [5.74, 6) is 2.48. The summed E-state index contributed by atoms with van der Waals surface area (Å²) in [6.45, 7) is 0. The maximum absolute atomic E-state index is 11.3. The molecule has 1 spiro atoms. The summed E-state index contributed by atoms with van der Waals surface area (Å²) in [5.41, 5.74) is -1.65. The predicted molar refractivity (Wildman–Crippen MR) is 52.4 cm³/mol. The van der Waals surface area contributed by atoms with Gasteiger partial charge in [0.15, 0.2) is 0 Å². The van der Waals surface area contributed by atoms with E-state index in [1.165, 1.54) is 0 Å². The molecule has 0 radical (unpaired) electrons. The van der Waals surface area contributed by atoms with Gasteiger partial charge in [-0.2, -0.15) is 0 Å². The Balaban J connectivity index is 2.30. The zero-order valence-electron chi connectivity index (χ0n) is 8.18. The second-order valence-corrected chi connectivity index (χ2v) is 4.34. The molecule has 1 aliphatic heterocycles. The fourth-order valence-electron chi connectivity index (χ4n) is 2.74. The molecule has 76 valence electrons. The van der Waals surface area contributed by atoms with E-state index in [0.717, 1.165) is 25.7 Å². The molecule has 2 fully saturated rings. The van der Waals surface area contributed by atoms with Crippen LogP contribution in [0.5, 0.6) is 0 Å². The van der Waals surface area contributed by atoms with Gasteiger partial charge in [0.1, 0.15) is 5.60 Å². The molecular weight excluding hydrogens is 178 g/mol. The number of amides is 1. The van der Waals surface area contributed by atoms with Gasteiger partial charge >= 0.3 is 0 Å². The highest BCUT2D eigenvalue weighted by Crippen LogP contribution is 2.43. The summed E-state index contributed by atoms with van der Waals surface area (Å²) < 4.78 is 0. The third-order valence-electron chi connectivity index (χ3n) is 3.56. The second kappa shape index (κ2) is 2.99. The average Bonchev–Trinajstić information content (AvgIpc) is 2.45. The predicted octanol–water partition coefficient (Wildman–Crippen LogP) is 0.573. The molecule has 1 saturated carbocycles. The highest BCUT2D eigenvalue weighted by molar-refractivity contribution is 5.78. The van der Waals surface area contributed by atoms with E-state index in [2.05, 4.69) is 11.2 Å². The average molecular weight is 193 g/mol. The van der Waals surface area contributed by atoms with Crippen LogP contribution < -0.4 is 5.32 Å². The molecule has 0 bridgehead atoms. The van der Waals surface area contributed by atoms with E-state index in [1.807, 2.05) is 0 Å². The molecule has 2 atom stereocenters. The quantitative estimate of drug-likeness (QED) is 0.553. The molecule has 0 unspecified atom stereocenters. The van der Waals surface area contributed by atoms with Crippen molar-refractivity contribution < 1.29 is 9.90 Å². The molecule has 1 aliphatic carbocycles. The Morgan fingerprint density at radius 2 is 2.07 bits per heavy atom. The number of carbonyl (C=O) groups is 1. The molecule has 1 heterocycles. The molecule has 2 rings (SSSR count). The van der Waals surface area contributed by atoms with Crippen LogP contribution in [0.1, 0.15) is 38.5 Å². The van der Waals surface area contributed by atoms with Gasteiger partial charge in [0.05, 0.1) is 5.54 Å². The molecule has 14 heavy (non-hydrogen) atoms. The van der Waals surface area contributed by atoms with E-state index < -0.39 is 11.1 Å². The van der Waals surface area contributed by atoms with Crippen LogP contribution in [0, 0.1) is 12.3 Å². The van der Waals surface area contributed by atoms with Crippen molar-refractivity contribution in [1.29, 1.82) is 0 Å². The standard InChI is InChI=1S/C11H15NO2/c1-2-11(14)8-4-7-10(11)6-3-5-9(13)12-10/h1,14H,3-8H2,(H,12,13)/t10-,11-/m0/s1. The monoisotopic (exact) mass is 193 g/mol. The summed E-state index contributed by atoms with van der Waals surface area (Å²) in [6.07, 6.45) is 9.86. The molecule has 0 aromatic carbocycles. The van der Waals surface area contributed by atoms with Gasteiger partial charge in [-0.25, -0.2) is 0 Å². The maximum atomic E-state index is 11.3. The van der Waals surface area contributed by atoms with Gasteiger partial charge in [-0.3, -0.25) is 4.79 Å².